The highest BCUT2D eigenvalue weighted by atomic mass is 28.3. The molecule has 0 unspecified atom stereocenters. The first-order valence-corrected chi connectivity index (χ1v) is 13.5. The zero-order valence-electron chi connectivity index (χ0n) is 19.5. The van der Waals surface area contributed by atoms with E-state index in [1.165, 1.54) is 62.5 Å². The molecule has 0 aromatic heterocycles. The summed E-state index contributed by atoms with van der Waals surface area (Å²) in [6.07, 6.45) is 11.8. The molecule has 0 bridgehead atoms. The maximum atomic E-state index is 6.32. The van der Waals surface area contributed by atoms with Crippen LogP contribution < -0.4 is 4.74 Å². The quantitative estimate of drug-likeness (QED) is 0.250. The van der Waals surface area contributed by atoms with E-state index in [0.717, 1.165) is 24.8 Å². The van der Waals surface area contributed by atoms with Crippen LogP contribution in [0.25, 0.3) is 0 Å². The predicted molar refractivity (Wildman–Crippen MR) is 124 cm³/mol. The molecule has 1 fully saturated rings. The van der Waals surface area contributed by atoms with Gasteiger partial charge in [0.15, 0.2) is 0 Å². The van der Waals surface area contributed by atoms with Crippen molar-refractivity contribution >= 4 is 9.28 Å². The van der Waals surface area contributed by atoms with E-state index in [2.05, 4.69) is 52.8 Å². The Bertz CT molecular complexity index is 557. The van der Waals surface area contributed by atoms with Crippen molar-refractivity contribution in [1.82, 2.24) is 0 Å². The minimum Gasteiger partial charge on any atom is -0.493 e. The lowest BCUT2D eigenvalue weighted by Gasteiger charge is -2.25. The van der Waals surface area contributed by atoms with Crippen molar-refractivity contribution < 1.29 is 13.6 Å². The molecule has 1 aliphatic carbocycles. The van der Waals surface area contributed by atoms with Gasteiger partial charge in [0.05, 0.1) is 6.61 Å². The maximum Gasteiger partial charge on any atom is 0.385 e. The van der Waals surface area contributed by atoms with Crippen LogP contribution in [-0.2, 0) is 15.3 Å². The Labute approximate surface area is 181 Å². The highest BCUT2D eigenvalue weighted by molar-refractivity contribution is 6.44. The lowest BCUT2D eigenvalue weighted by Crippen LogP contribution is -2.29. The van der Waals surface area contributed by atoms with E-state index in [1.807, 2.05) is 0 Å². The molecule has 1 aliphatic rings. The second kappa shape index (κ2) is 13.5. The molecule has 0 spiro atoms. The van der Waals surface area contributed by atoms with Gasteiger partial charge in [0.25, 0.3) is 0 Å². The molecular weight excluding hydrogens is 376 g/mol. The summed E-state index contributed by atoms with van der Waals surface area (Å²) >= 11 is 0. The summed E-state index contributed by atoms with van der Waals surface area (Å²) in [6.45, 7) is 11.3. The average Bonchev–Trinajstić information content (AvgIpc) is 2.69. The number of ether oxygens (including phenoxy) is 1. The summed E-state index contributed by atoms with van der Waals surface area (Å²) in [5, 5.41) is 0. The van der Waals surface area contributed by atoms with Crippen LogP contribution in [-0.4, -0.2) is 28.1 Å². The van der Waals surface area contributed by atoms with Gasteiger partial charge < -0.3 is 13.6 Å². The number of hydrogen-bond donors (Lipinski definition) is 0. The minimum atomic E-state index is -1.22. The molecule has 3 nitrogen and oxygen atoms in total. The molecule has 29 heavy (non-hydrogen) atoms. The van der Waals surface area contributed by atoms with E-state index < -0.39 is 9.28 Å². The first kappa shape index (κ1) is 24.4. The Morgan fingerprint density at radius 2 is 1.66 bits per heavy atom. The normalized spacial score (nSPS) is 15.6. The lowest BCUT2D eigenvalue weighted by molar-refractivity contribution is 0.128. The van der Waals surface area contributed by atoms with Gasteiger partial charge in [-0.05, 0) is 89.0 Å². The fourth-order valence-corrected chi connectivity index (χ4v) is 5.84. The van der Waals surface area contributed by atoms with Crippen molar-refractivity contribution in [2.75, 3.05) is 6.61 Å². The number of hydrogen-bond acceptors (Lipinski definition) is 3. The molecule has 1 radical (unpaired) electrons. The van der Waals surface area contributed by atoms with Gasteiger partial charge in [-0.2, -0.15) is 0 Å². The van der Waals surface area contributed by atoms with Gasteiger partial charge >= 0.3 is 9.28 Å². The molecule has 0 saturated heterocycles. The highest BCUT2D eigenvalue weighted by Gasteiger charge is 2.21. The molecule has 4 heteroatoms. The van der Waals surface area contributed by atoms with Gasteiger partial charge in [-0.3, -0.25) is 0 Å². The molecule has 1 aromatic rings. The Morgan fingerprint density at radius 3 is 2.28 bits per heavy atom. The second-order valence-electron chi connectivity index (χ2n) is 8.97. The van der Waals surface area contributed by atoms with E-state index in [1.54, 1.807) is 0 Å². The largest absolute Gasteiger partial charge is 0.493 e. The van der Waals surface area contributed by atoms with E-state index in [9.17, 15) is 0 Å². The van der Waals surface area contributed by atoms with Crippen molar-refractivity contribution in [3.63, 3.8) is 0 Å². The number of rotatable bonds is 13. The average molecular weight is 420 g/mol. The monoisotopic (exact) mass is 419 g/mol. The molecule has 0 atom stereocenters. The van der Waals surface area contributed by atoms with Gasteiger partial charge in [-0.25, -0.2) is 0 Å². The van der Waals surface area contributed by atoms with Crippen LogP contribution in [0.2, 0.25) is 6.04 Å². The zero-order chi connectivity index (χ0) is 21.1. The summed E-state index contributed by atoms with van der Waals surface area (Å²) in [7, 11) is -1.22. The fourth-order valence-electron chi connectivity index (χ4n) is 4.07. The standard InChI is InChI=1S/C25H43O3Si/c1-6-7-12-22-15-16-25(24(19-22)23-13-9-8-10-14-23)26-17-11-18-29(27-20(2)3)28-21(4)5/h15-16,19-21,23H,6-14,17-18H2,1-5H3. The second-order valence-corrected chi connectivity index (χ2v) is 10.7. The summed E-state index contributed by atoms with van der Waals surface area (Å²) in [5.74, 6) is 1.79. The molecule has 0 heterocycles. The Kier molecular flexibility index (Phi) is 11.3. The van der Waals surface area contributed by atoms with E-state index in [-0.39, 0.29) is 12.2 Å². The predicted octanol–water partition coefficient (Wildman–Crippen LogP) is 7.18. The SMILES string of the molecule is CCCCc1ccc(OCCC[Si](OC(C)C)OC(C)C)c(C2CCCCC2)c1. The molecule has 2 rings (SSSR count). The first-order valence-electron chi connectivity index (χ1n) is 11.9. The van der Waals surface area contributed by atoms with Crippen LogP contribution in [0.3, 0.4) is 0 Å². The van der Waals surface area contributed by atoms with E-state index in [4.69, 9.17) is 13.6 Å². The van der Waals surface area contributed by atoms with Crippen LogP contribution in [0, 0.1) is 0 Å². The lowest BCUT2D eigenvalue weighted by atomic mass is 9.83. The van der Waals surface area contributed by atoms with Gasteiger partial charge in [0.1, 0.15) is 5.75 Å². The molecule has 0 N–H and O–H groups in total. The molecule has 1 saturated carbocycles. The van der Waals surface area contributed by atoms with Crippen LogP contribution >= 0.6 is 0 Å². The Balaban J connectivity index is 1.95. The topological polar surface area (TPSA) is 27.7 Å². The Morgan fingerprint density at radius 1 is 0.966 bits per heavy atom. The Hall–Kier alpha value is -0.843. The molecule has 1 aromatic carbocycles. The van der Waals surface area contributed by atoms with Crippen molar-refractivity contribution in [3.8, 4) is 5.75 Å². The van der Waals surface area contributed by atoms with Crippen molar-refractivity contribution in [2.24, 2.45) is 0 Å². The third-order valence-electron chi connectivity index (χ3n) is 5.46. The third kappa shape index (κ3) is 9.23. The fraction of sp³-hybridized carbons (Fsp3) is 0.760. The number of benzene rings is 1. The van der Waals surface area contributed by atoms with Crippen molar-refractivity contribution in [2.45, 2.75) is 117 Å². The summed E-state index contributed by atoms with van der Waals surface area (Å²) in [5.41, 5.74) is 2.93. The zero-order valence-corrected chi connectivity index (χ0v) is 20.5. The molecule has 0 amide bonds. The minimum absolute atomic E-state index is 0.220. The van der Waals surface area contributed by atoms with Crippen LogP contribution in [0.1, 0.15) is 103 Å². The molecule has 0 aliphatic heterocycles. The van der Waals surface area contributed by atoms with E-state index >= 15 is 0 Å². The highest BCUT2D eigenvalue weighted by Crippen LogP contribution is 2.38. The van der Waals surface area contributed by atoms with Crippen LogP contribution in [0.5, 0.6) is 5.75 Å². The van der Waals surface area contributed by atoms with Crippen LogP contribution in [0.15, 0.2) is 18.2 Å². The van der Waals surface area contributed by atoms with Gasteiger partial charge in [-0.15, -0.1) is 0 Å². The number of aryl methyl sites for hydroxylation is 1. The summed E-state index contributed by atoms with van der Waals surface area (Å²) in [6, 6.07) is 7.92. The maximum absolute atomic E-state index is 6.32. The summed E-state index contributed by atoms with van der Waals surface area (Å²) in [4.78, 5) is 0. The van der Waals surface area contributed by atoms with Crippen molar-refractivity contribution in [1.29, 1.82) is 0 Å². The first-order chi connectivity index (χ1) is 14.0. The summed E-state index contributed by atoms with van der Waals surface area (Å²) < 4.78 is 18.3. The van der Waals surface area contributed by atoms with Gasteiger partial charge in [0, 0.05) is 12.2 Å². The van der Waals surface area contributed by atoms with Crippen molar-refractivity contribution in [3.05, 3.63) is 29.3 Å². The smallest absolute Gasteiger partial charge is 0.385 e. The van der Waals surface area contributed by atoms with Crippen LogP contribution in [0.4, 0.5) is 0 Å². The molecular formula is C25H43O3Si. The molecule has 165 valence electrons. The number of unbranched alkanes of at least 4 members (excludes halogenated alkanes) is 1. The third-order valence-corrected chi connectivity index (χ3v) is 7.69. The van der Waals surface area contributed by atoms with E-state index in [0.29, 0.717) is 5.92 Å². The van der Waals surface area contributed by atoms with Gasteiger partial charge in [-0.1, -0.05) is 44.7 Å². The van der Waals surface area contributed by atoms with Gasteiger partial charge in [0.2, 0.25) is 0 Å².